The Hall–Kier alpha value is -0.650. The average Bonchev–Trinajstić information content (AvgIpc) is 2.23. The maximum absolute atomic E-state index is 11.2. The van der Waals surface area contributed by atoms with Gasteiger partial charge in [0.1, 0.15) is 6.61 Å². The zero-order chi connectivity index (χ0) is 11.0. The highest BCUT2D eigenvalue weighted by Crippen LogP contribution is 2.07. The standard InChI is InChI=1S/C9H19NO4/c1-3-9(6-11,7-12)10-8(13)5-14-4-2/h11-12H,3-7H2,1-2H3,(H,10,13). The van der Waals surface area contributed by atoms with Crippen molar-refractivity contribution in [3.8, 4) is 0 Å². The summed E-state index contributed by atoms with van der Waals surface area (Å²) in [6.45, 7) is 3.44. The molecule has 0 atom stereocenters. The third kappa shape index (κ3) is 4.04. The summed E-state index contributed by atoms with van der Waals surface area (Å²) in [5.41, 5.74) is -0.922. The molecule has 0 heterocycles. The van der Waals surface area contributed by atoms with Crippen LogP contribution in [0, 0.1) is 0 Å². The third-order valence-corrected chi connectivity index (χ3v) is 2.12. The summed E-state index contributed by atoms with van der Waals surface area (Å²) < 4.78 is 4.90. The van der Waals surface area contributed by atoms with Crippen molar-refractivity contribution < 1.29 is 19.7 Å². The quantitative estimate of drug-likeness (QED) is 0.512. The molecule has 1 amide bonds. The molecule has 0 unspecified atom stereocenters. The van der Waals surface area contributed by atoms with Crippen LogP contribution >= 0.6 is 0 Å². The summed E-state index contributed by atoms with van der Waals surface area (Å²) in [4.78, 5) is 11.2. The number of ether oxygens (including phenoxy) is 1. The van der Waals surface area contributed by atoms with Crippen LogP contribution in [0.25, 0.3) is 0 Å². The Morgan fingerprint density at radius 2 is 1.93 bits per heavy atom. The van der Waals surface area contributed by atoms with Gasteiger partial charge in [0.25, 0.3) is 0 Å². The van der Waals surface area contributed by atoms with E-state index in [-0.39, 0.29) is 25.7 Å². The molecular formula is C9H19NO4. The van der Waals surface area contributed by atoms with Crippen molar-refractivity contribution in [2.24, 2.45) is 0 Å². The number of amides is 1. The molecule has 84 valence electrons. The molecule has 0 saturated heterocycles. The average molecular weight is 205 g/mol. The van der Waals surface area contributed by atoms with Crippen LogP contribution in [-0.4, -0.2) is 48.1 Å². The van der Waals surface area contributed by atoms with Crippen LogP contribution in [0.15, 0.2) is 0 Å². The number of hydrogen-bond donors (Lipinski definition) is 3. The van der Waals surface area contributed by atoms with Gasteiger partial charge in [0.05, 0.1) is 18.8 Å². The molecule has 0 aliphatic heterocycles. The number of hydrogen-bond acceptors (Lipinski definition) is 4. The second-order valence-electron chi connectivity index (χ2n) is 3.14. The molecule has 5 nitrogen and oxygen atoms in total. The fourth-order valence-electron chi connectivity index (χ4n) is 0.968. The normalized spacial score (nSPS) is 11.4. The van der Waals surface area contributed by atoms with Crippen molar-refractivity contribution in [1.82, 2.24) is 5.32 Å². The van der Waals surface area contributed by atoms with Crippen molar-refractivity contribution >= 4 is 5.91 Å². The second-order valence-corrected chi connectivity index (χ2v) is 3.14. The molecular weight excluding hydrogens is 186 g/mol. The van der Waals surface area contributed by atoms with Crippen LogP contribution in [0.2, 0.25) is 0 Å². The minimum atomic E-state index is -0.922. The van der Waals surface area contributed by atoms with Gasteiger partial charge in [0.2, 0.25) is 5.91 Å². The maximum Gasteiger partial charge on any atom is 0.246 e. The molecule has 0 rings (SSSR count). The molecule has 3 N–H and O–H groups in total. The number of carbonyl (C=O) groups excluding carboxylic acids is 1. The third-order valence-electron chi connectivity index (χ3n) is 2.12. The lowest BCUT2D eigenvalue weighted by molar-refractivity contribution is -0.129. The summed E-state index contributed by atoms with van der Waals surface area (Å²) in [6, 6.07) is 0. The summed E-state index contributed by atoms with van der Waals surface area (Å²) >= 11 is 0. The monoisotopic (exact) mass is 205 g/mol. The van der Waals surface area contributed by atoms with Crippen LogP contribution in [0.4, 0.5) is 0 Å². The molecule has 0 spiro atoms. The SMILES string of the molecule is CCOCC(=O)NC(CC)(CO)CO. The molecule has 0 fully saturated rings. The molecule has 0 saturated carbocycles. The van der Waals surface area contributed by atoms with Gasteiger partial charge in [-0.05, 0) is 13.3 Å². The van der Waals surface area contributed by atoms with Gasteiger partial charge in [-0.3, -0.25) is 4.79 Å². The largest absolute Gasteiger partial charge is 0.394 e. The first kappa shape index (κ1) is 13.4. The Labute approximate surface area is 84.1 Å². The van der Waals surface area contributed by atoms with E-state index in [0.717, 1.165) is 0 Å². The first-order valence-corrected chi connectivity index (χ1v) is 4.74. The number of rotatable bonds is 7. The van der Waals surface area contributed by atoms with Gasteiger partial charge in [-0.25, -0.2) is 0 Å². The van der Waals surface area contributed by atoms with Gasteiger partial charge in [0.15, 0.2) is 0 Å². The summed E-state index contributed by atoms with van der Waals surface area (Å²) in [7, 11) is 0. The van der Waals surface area contributed by atoms with E-state index in [1.165, 1.54) is 0 Å². The summed E-state index contributed by atoms with van der Waals surface area (Å²) in [6.07, 6.45) is 0.470. The van der Waals surface area contributed by atoms with Gasteiger partial charge >= 0.3 is 0 Å². The first-order chi connectivity index (χ1) is 6.64. The van der Waals surface area contributed by atoms with Crippen molar-refractivity contribution in [2.45, 2.75) is 25.8 Å². The highest BCUT2D eigenvalue weighted by Gasteiger charge is 2.28. The minimum Gasteiger partial charge on any atom is -0.394 e. The van der Waals surface area contributed by atoms with Gasteiger partial charge in [0, 0.05) is 6.61 Å². The predicted molar refractivity (Wildman–Crippen MR) is 51.8 cm³/mol. The summed E-state index contributed by atoms with van der Waals surface area (Å²) in [5, 5.41) is 20.6. The Morgan fingerprint density at radius 1 is 1.36 bits per heavy atom. The fourth-order valence-corrected chi connectivity index (χ4v) is 0.968. The lowest BCUT2D eigenvalue weighted by Crippen LogP contribution is -2.54. The van der Waals surface area contributed by atoms with Crippen molar-refractivity contribution in [3.05, 3.63) is 0 Å². The molecule has 14 heavy (non-hydrogen) atoms. The van der Waals surface area contributed by atoms with Crippen LogP contribution in [0.5, 0.6) is 0 Å². The molecule has 0 aliphatic rings. The Kier molecular flexibility index (Phi) is 6.44. The maximum atomic E-state index is 11.2. The molecule has 0 aromatic rings. The van der Waals surface area contributed by atoms with Gasteiger partial charge < -0.3 is 20.3 Å². The van der Waals surface area contributed by atoms with E-state index in [2.05, 4.69) is 5.32 Å². The van der Waals surface area contributed by atoms with E-state index >= 15 is 0 Å². The summed E-state index contributed by atoms with van der Waals surface area (Å²) in [5.74, 6) is -0.322. The molecule has 0 aromatic carbocycles. The van der Waals surface area contributed by atoms with Crippen LogP contribution in [0.3, 0.4) is 0 Å². The Balaban J connectivity index is 4.08. The first-order valence-electron chi connectivity index (χ1n) is 4.74. The van der Waals surface area contributed by atoms with Crippen molar-refractivity contribution in [1.29, 1.82) is 0 Å². The second kappa shape index (κ2) is 6.75. The van der Waals surface area contributed by atoms with E-state index in [9.17, 15) is 4.79 Å². The van der Waals surface area contributed by atoms with Crippen molar-refractivity contribution in [2.75, 3.05) is 26.4 Å². The zero-order valence-corrected chi connectivity index (χ0v) is 8.75. The lowest BCUT2D eigenvalue weighted by atomic mass is 9.98. The lowest BCUT2D eigenvalue weighted by Gasteiger charge is -2.29. The molecule has 0 radical (unpaired) electrons. The van der Waals surface area contributed by atoms with E-state index in [0.29, 0.717) is 13.0 Å². The van der Waals surface area contributed by atoms with E-state index < -0.39 is 5.54 Å². The van der Waals surface area contributed by atoms with E-state index in [1.807, 2.05) is 0 Å². The number of carbonyl (C=O) groups is 1. The number of aliphatic hydroxyl groups excluding tert-OH is 2. The minimum absolute atomic E-state index is 0.0434. The van der Waals surface area contributed by atoms with E-state index in [4.69, 9.17) is 14.9 Å². The Bertz CT molecular complexity index is 160. The smallest absolute Gasteiger partial charge is 0.246 e. The molecule has 5 heteroatoms. The highest BCUT2D eigenvalue weighted by molar-refractivity contribution is 5.78. The molecule has 0 aromatic heterocycles. The van der Waals surface area contributed by atoms with Crippen molar-refractivity contribution in [3.63, 3.8) is 0 Å². The van der Waals surface area contributed by atoms with Gasteiger partial charge in [-0.15, -0.1) is 0 Å². The van der Waals surface area contributed by atoms with Gasteiger partial charge in [-0.2, -0.15) is 0 Å². The fraction of sp³-hybridized carbons (Fsp3) is 0.889. The van der Waals surface area contributed by atoms with Crippen LogP contribution < -0.4 is 5.32 Å². The topological polar surface area (TPSA) is 78.8 Å². The zero-order valence-electron chi connectivity index (χ0n) is 8.75. The van der Waals surface area contributed by atoms with Crippen LogP contribution in [-0.2, 0) is 9.53 Å². The molecule has 0 aliphatic carbocycles. The molecule has 0 bridgehead atoms. The van der Waals surface area contributed by atoms with E-state index in [1.54, 1.807) is 13.8 Å². The van der Waals surface area contributed by atoms with Crippen LogP contribution in [0.1, 0.15) is 20.3 Å². The predicted octanol–water partition coefficient (Wildman–Crippen LogP) is -0.727. The number of nitrogens with one attached hydrogen (secondary N) is 1. The Morgan fingerprint density at radius 3 is 2.29 bits per heavy atom. The van der Waals surface area contributed by atoms with Gasteiger partial charge in [-0.1, -0.05) is 6.92 Å². The number of aliphatic hydroxyl groups is 2. The highest BCUT2D eigenvalue weighted by atomic mass is 16.5.